The zero-order valence-corrected chi connectivity index (χ0v) is 9.63. The summed E-state index contributed by atoms with van der Waals surface area (Å²) in [7, 11) is -3.77. The zero-order chi connectivity index (χ0) is 11.7. The first-order chi connectivity index (χ1) is 6.95. The second-order valence-corrected chi connectivity index (χ2v) is 5.75. The van der Waals surface area contributed by atoms with Crippen LogP contribution < -0.4 is 5.73 Å². The molecule has 7 nitrogen and oxygen atoms in total. The van der Waals surface area contributed by atoms with Gasteiger partial charge in [-0.1, -0.05) is 0 Å². The average molecular weight is 258 g/mol. The third-order valence-corrected chi connectivity index (χ3v) is 3.10. The summed E-state index contributed by atoms with van der Waals surface area (Å²) in [5.41, 5.74) is 5.34. The number of aliphatic hydroxyl groups excluding tert-OH is 1. The Hall–Kier alpha value is -0.350. The second kappa shape index (κ2) is 7.88. The van der Waals surface area contributed by atoms with Gasteiger partial charge in [0.2, 0.25) is 0 Å². The van der Waals surface area contributed by atoms with Gasteiger partial charge >= 0.3 is 9.15 Å². The van der Waals surface area contributed by atoms with Gasteiger partial charge in [-0.2, -0.15) is 8.42 Å². The third kappa shape index (κ3) is 11.6. The molecule has 0 saturated heterocycles. The summed E-state index contributed by atoms with van der Waals surface area (Å²) in [6.45, 7) is 0.767. The topological polar surface area (TPSA) is 122 Å². The van der Waals surface area contributed by atoms with E-state index >= 15 is 0 Å². The molecule has 0 spiro atoms. The molecule has 0 bridgehead atoms. The van der Waals surface area contributed by atoms with Crippen molar-refractivity contribution in [3.63, 3.8) is 0 Å². The van der Waals surface area contributed by atoms with Crippen LogP contribution >= 0.6 is 10.8 Å². The number of amidine groups is 1. The van der Waals surface area contributed by atoms with Crippen LogP contribution in [0.25, 0.3) is 0 Å². The van der Waals surface area contributed by atoms with Crippen molar-refractivity contribution in [3.8, 4) is 0 Å². The van der Waals surface area contributed by atoms with Crippen molar-refractivity contribution in [1.82, 2.24) is 0 Å². The van der Waals surface area contributed by atoms with Gasteiger partial charge in [-0.3, -0.25) is 9.55 Å². The molecule has 0 aromatic heterocycles. The van der Waals surface area contributed by atoms with Gasteiger partial charge in [0.1, 0.15) is 5.84 Å². The first-order valence-corrected chi connectivity index (χ1v) is 6.99. The van der Waals surface area contributed by atoms with Crippen LogP contribution in [0.5, 0.6) is 0 Å². The van der Waals surface area contributed by atoms with E-state index in [-0.39, 0.29) is 31.3 Å². The fourth-order valence-corrected chi connectivity index (χ4v) is 1.77. The minimum atomic E-state index is -4.07. The quantitative estimate of drug-likeness (QED) is 0.166. The number of hydrogen-bond donors (Lipinski definition) is 3. The van der Waals surface area contributed by atoms with E-state index in [9.17, 15) is 8.42 Å². The molecule has 0 aliphatic heterocycles. The molecule has 0 rings (SSSR count). The van der Waals surface area contributed by atoms with Crippen LogP contribution in [-0.4, -0.2) is 56.0 Å². The zero-order valence-electron chi connectivity index (χ0n) is 8.00. The molecule has 0 heterocycles. The van der Waals surface area contributed by atoms with Gasteiger partial charge in [0, 0.05) is 10.8 Å². The lowest BCUT2D eigenvalue weighted by Crippen LogP contribution is -2.17. The van der Waals surface area contributed by atoms with E-state index in [0.29, 0.717) is 17.4 Å². The first-order valence-electron chi connectivity index (χ1n) is 4.05. The molecule has 90 valence electrons. The number of rotatable bonds is 8. The highest BCUT2D eigenvalue weighted by Gasteiger charge is 2.05. The van der Waals surface area contributed by atoms with Crippen LogP contribution in [0, 0.1) is 0 Å². The number of aliphatic imine (C=N–C) groups is 1. The normalized spacial score (nSPS) is 13.1. The fraction of sp³-hybridized carbons (Fsp3) is 0.833. The molecule has 0 atom stereocenters. The van der Waals surface area contributed by atoms with Crippen LogP contribution in [0.15, 0.2) is 4.99 Å². The number of aliphatic hydroxyl groups is 1. The Morgan fingerprint density at radius 3 is 2.67 bits per heavy atom. The summed E-state index contributed by atoms with van der Waals surface area (Å²) < 4.78 is 33.9. The Labute approximate surface area is 91.9 Å². The summed E-state index contributed by atoms with van der Waals surface area (Å²) >= 11 is 0. The molecule has 0 aliphatic carbocycles. The van der Waals surface area contributed by atoms with Gasteiger partial charge in [0.15, 0.2) is 0 Å². The van der Waals surface area contributed by atoms with Gasteiger partial charge < -0.3 is 15.6 Å². The van der Waals surface area contributed by atoms with Gasteiger partial charge in [-0.05, 0) is 0 Å². The SMILES string of the molecule is NC(CSS(=O)(=O)O)=NCCOCCO. The molecule has 0 fully saturated rings. The van der Waals surface area contributed by atoms with Crippen molar-refractivity contribution in [3.05, 3.63) is 0 Å². The maximum absolute atomic E-state index is 10.3. The molecular formula is C6H14N2O5S2. The lowest BCUT2D eigenvalue weighted by atomic mass is 10.6. The van der Waals surface area contributed by atoms with Gasteiger partial charge in [-0.15, -0.1) is 0 Å². The minimum absolute atomic E-state index is 0.0577. The summed E-state index contributed by atoms with van der Waals surface area (Å²) in [5, 5.41) is 8.37. The molecule has 0 saturated carbocycles. The predicted octanol–water partition coefficient (Wildman–Crippen LogP) is -1.11. The molecule has 0 aromatic rings. The van der Waals surface area contributed by atoms with Crippen molar-refractivity contribution in [2.24, 2.45) is 10.7 Å². The predicted molar refractivity (Wildman–Crippen MR) is 58.4 cm³/mol. The number of nitrogens with two attached hydrogens (primary N) is 1. The molecule has 9 heteroatoms. The van der Waals surface area contributed by atoms with Crippen molar-refractivity contribution in [2.45, 2.75) is 0 Å². The van der Waals surface area contributed by atoms with Crippen LogP contribution in [0.4, 0.5) is 0 Å². The summed E-state index contributed by atoms with van der Waals surface area (Å²) in [6.07, 6.45) is 0. The van der Waals surface area contributed by atoms with E-state index < -0.39 is 9.15 Å². The first kappa shape index (κ1) is 14.6. The molecule has 0 aliphatic rings. The summed E-state index contributed by atoms with van der Waals surface area (Å²) in [6, 6.07) is 0. The average Bonchev–Trinajstić information content (AvgIpc) is 2.13. The van der Waals surface area contributed by atoms with Crippen molar-refractivity contribution in [2.75, 3.05) is 32.1 Å². The Kier molecular flexibility index (Phi) is 7.70. The van der Waals surface area contributed by atoms with E-state index in [1.54, 1.807) is 0 Å². The van der Waals surface area contributed by atoms with E-state index in [1.165, 1.54) is 0 Å². The van der Waals surface area contributed by atoms with Crippen LogP contribution in [0.3, 0.4) is 0 Å². The van der Waals surface area contributed by atoms with Crippen LogP contribution in [0.1, 0.15) is 0 Å². The maximum Gasteiger partial charge on any atom is 0.320 e. The molecule has 0 amide bonds. The fourth-order valence-electron chi connectivity index (χ4n) is 0.601. The lowest BCUT2D eigenvalue weighted by Gasteiger charge is -2.00. The van der Waals surface area contributed by atoms with Gasteiger partial charge in [-0.25, -0.2) is 0 Å². The third-order valence-electron chi connectivity index (χ3n) is 1.14. The minimum Gasteiger partial charge on any atom is -0.394 e. The molecule has 15 heavy (non-hydrogen) atoms. The van der Waals surface area contributed by atoms with E-state index in [2.05, 4.69) is 4.99 Å². The summed E-state index contributed by atoms with van der Waals surface area (Å²) in [5.74, 6) is 0.0315. The maximum atomic E-state index is 10.3. The molecule has 0 aromatic carbocycles. The standard InChI is InChI=1S/C6H14N2O5S2/c7-6(5-14-15(10,11)12)8-1-3-13-4-2-9/h9H,1-5H2,(H2,7,8)(H,10,11,12). The highest BCUT2D eigenvalue weighted by atomic mass is 33.1. The number of ether oxygens (including phenoxy) is 1. The largest absolute Gasteiger partial charge is 0.394 e. The Bertz CT molecular complexity index is 290. The second-order valence-electron chi connectivity index (χ2n) is 2.40. The summed E-state index contributed by atoms with van der Waals surface area (Å²) in [4.78, 5) is 3.79. The van der Waals surface area contributed by atoms with Crippen molar-refractivity contribution >= 4 is 25.8 Å². The van der Waals surface area contributed by atoms with Gasteiger partial charge in [0.05, 0.1) is 32.1 Å². The highest BCUT2D eigenvalue weighted by Crippen LogP contribution is 2.07. The number of hydrogen-bond acceptors (Lipinski definition) is 6. The van der Waals surface area contributed by atoms with E-state index in [1.807, 2.05) is 0 Å². The molecular weight excluding hydrogens is 244 g/mol. The molecule has 0 unspecified atom stereocenters. The lowest BCUT2D eigenvalue weighted by molar-refractivity contribution is 0.0978. The highest BCUT2D eigenvalue weighted by molar-refractivity contribution is 8.70. The Morgan fingerprint density at radius 2 is 2.13 bits per heavy atom. The smallest absolute Gasteiger partial charge is 0.320 e. The van der Waals surface area contributed by atoms with Crippen LogP contribution in [0.2, 0.25) is 0 Å². The monoisotopic (exact) mass is 258 g/mol. The van der Waals surface area contributed by atoms with Crippen molar-refractivity contribution in [1.29, 1.82) is 0 Å². The number of nitrogens with zero attached hydrogens (tertiary/aromatic N) is 1. The Balaban J connectivity index is 3.61. The van der Waals surface area contributed by atoms with Gasteiger partial charge in [0.25, 0.3) is 0 Å². The molecule has 4 N–H and O–H groups in total. The van der Waals surface area contributed by atoms with E-state index in [4.69, 9.17) is 20.1 Å². The van der Waals surface area contributed by atoms with Crippen LogP contribution in [-0.2, 0) is 13.9 Å². The van der Waals surface area contributed by atoms with E-state index in [0.717, 1.165) is 0 Å². The van der Waals surface area contributed by atoms with Crippen molar-refractivity contribution < 1.29 is 22.8 Å². The molecule has 0 radical (unpaired) electrons. The Morgan fingerprint density at radius 1 is 1.47 bits per heavy atom.